The van der Waals surface area contributed by atoms with Gasteiger partial charge in [0, 0.05) is 20.1 Å². The van der Waals surface area contributed by atoms with Crippen LogP contribution in [-0.4, -0.2) is 42.6 Å². The van der Waals surface area contributed by atoms with Gasteiger partial charge in [0.2, 0.25) is 0 Å². The van der Waals surface area contributed by atoms with Crippen LogP contribution in [0.3, 0.4) is 0 Å². The van der Waals surface area contributed by atoms with Crippen LogP contribution >= 0.6 is 0 Å². The third-order valence-corrected chi connectivity index (χ3v) is 2.08. The fourth-order valence-corrected chi connectivity index (χ4v) is 1.47. The Labute approximate surface area is 65.4 Å². The van der Waals surface area contributed by atoms with Crippen LogP contribution in [0.15, 0.2) is 11.8 Å². The monoisotopic (exact) mass is 153 g/mol. The van der Waals surface area contributed by atoms with Crippen molar-refractivity contribution in [2.24, 2.45) is 0 Å². The molecule has 0 bridgehead atoms. The third kappa shape index (κ3) is 0.903. The summed E-state index contributed by atoms with van der Waals surface area (Å²) in [7, 11) is 1.99. The Morgan fingerprint density at radius 3 is 3.18 bits per heavy atom. The summed E-state index contributed by atoms with van der Waals surface area (Å²) in [6.45, 7) is 2.50. The molecule has 0 unspecified atom stereocenters. The topological polar surface area (TPSA) is 35.6 Å². The van der Waals surface area contributed by atoms with E-state index in [1.807, 2.05) is 23.1 Å². The highest BCUT2D eigenvalue weighted by Gasteiger charge is 2.28. The summed E-state index contributed by atoms with van der Waals surface area (Å²) in [5.41, 5.74) is 0.804. The Bertz CT molecular complexity index is 224. The molecule has 1 saturated heterocycles. The molecule has 2 aliphatic heterocycles. The minimum Gasteiger partial charge on any atom is -0.349 e. The average Bonchev–Trinajstić information content (AvgIpc) is 2.35. The number of hydrogen-bond acceptors (Lipinski definition) is 3. The van der Waals surface area contributed by atoms with Gasteiger partial charge in [0.25, 0.3) is 5.91 Å². The van der Waals surface area contributed by atoms with Crippen molar-refractivity contribution in [2.45, 2.75) is 0 Å². The first-order chi connectivity index (χ1) is 5.29. The number of fused-ring (bicyclic) bond motifs is 1. The number of piperazine rings is 1. The molecule has 4 nitrogen and oxygen atoms in total. The largest absolute Gasteiger partial charge is 0.349 e. The van der Waals surface area contributed by atoms with Gasteiger partial charge in [0.15, 0.2) is 0 Å². The molecule has 2 aliphatic rings. The molecule has 60 valence electrons. The van der Waals surface area contributed by atoms with Gasteiger partial charge in [0.1, 0.15) is 5.70 Å². The van der Waals surface area contributed by atoms with Crippen molar-refractivity contribution < 1.29 is 4.79 Å². The van der Waals surface area contributed by atoms with Gasteiger partial charge in [-0.2, -0.15) is 0 Å². The molecule has 0 aromatic heterocycles. The Balaban J connectivity index is 2.22. The van der Waals surface area contributed by atoms with E-state index in [1.54, 1.807) is 0 Å². The zero-order valence-corrected chi connectivity index (χ0v) is 6.50. The highest BCUT2D eigenvalue weighted by atomic mass is 16.2. The maximum absolute atomic E-state index is 11.2. The smallest absolute Gasteiger partial charge is 0.268 e. The number of nitrogens with one attached hydrogen (secondary N) is 1. The Kier molecular flexibility index (Phi) is 1.35. The Hall–Kier alpha value is -1.03. The number of nitrogens with zero attached hydrogens (tertiary/aromatic N) is 2. The number of likely N-dealkylation sites (N-methyl/N-ethyl adjacent to an activating group) is 1. The molecule has 2 rings (SSSR count). The van der Waals surface area contributed by atoms with E-state index in [0.29, 0.717) is 0 Å². The lowest BCUT2D eigenvalue weighted by Gasteiger charge is -2.32. The van der Waals surface area contributed by atoms with E-state index in [1.165, 1.54) is 0 Å². The normalized spacial score (nSPS) is 24.6. The van der Waals surface area contributed by atoms with Crippen molar-refractivity contribution in [3.05, 3.63) is 11.8 Å². The molecule has 0 radical (unpaired) electrons. The van der Waals surface area contributed by atoms with Crippen molar-refractivity contribution in [3.8, 4) is 0 Å². The van der Waals surface area contributed by atoms with Crippen LogP contribution in [0.25, 0.3) is 0 Å². The predicted octanol–water partition coefficient (Wildman–Crippen LogP) is -0.837. The maximum Gasteiger partial charge on any atom is 0.268 e. The lowest BCUT2D eigenvalue weighted by Crippen LogP contribution is -2.48. The van der Waals surface area contributed by atoms with Gasteiger partial charge in [-0.3, -0.25) is 9.80 Å². The molecule has 0 aromatic carbocycles. The summed E-state index contributed by atoms with van der Waals surface area (Å²) >= 11 is 0. The first kappa shape index (κ1) is 6.67. The maximum atomic E-state index is 11.2. The average molecular weight is 153 g/mol. The molecule has 0 aromatic rings. The molecule has 0 atom stereocenters. The quantitative estimate of drug-likeness (QED) is 0.493. The molecule has 1 N–H and O–H groups in total. The second-order valence-electron chi connectivity index (χ2n) is 2.81. The fraction of sp³-hybridized carbons (Fsp3) is 0.571. The van der Waals surface area contributed by atoms with Crippen LogP contribution in [0.4, 0.5) is 0 Å². The summed E-state index contributed by atoms with van der Waals surface area (Å²) in [5.74, 6) is 0.0561. The van der Waals surface area contributed by atoms with Crippen LogP contribution in [0, 0.1) is 0 Å². The highest BCUT2D eigenvalue weighted by Crippen LogP contribution is 2.16. The summed E-state index contributed by atoms with van der Waals surface area (Å²) < 4.78 is 0. The van der Waals surface area contributed by atoms with Crippen LogP contribution < -0.4 is 5.32 Å². The second-order valence-corrected chi connectivity index (χ2v) is 2.81. The number of carbonyl (C=O) groups excluding carboxylic acids is 1. The molecule has 0 aliphatic carbocycles. The summed E-state index contributed by atoms with van der Waals surface area (Å²) in [6.07, 6.45) is 1.95. The molecular formula is C7H11N3O. The van der Waals surface area contributed by atoms with Crippen LogP contribution in [0.5, 0.6) is 0 Å². The SMILES string of the molecule is CN1CC=C2C(=O)NCCN21. The minimum atomic E-state index is 0.0561. The Morgan fingerprint density at radius 1 is 1.64 bits per heavy atom. The van der Waals surface area contributed by atoms with Crippen molar-refractivity contribution in [1.29, 1.82) is 0 Å². The van der Waals surface area contributed by atoms with Crippen molar-refractivity contribution in [1.82, 2.24) is 15.3 Å². The van der Waals surface area contributed by atoms with E-state index in [2.05, 4.69) is 5.32 Å². The molecule has 0 saturated carbocycles. The van der Waals surface area contributed by atoms with E-state index in [0.717, 1.165) is 25.3 Å². The molecule has 0 spiro atoms. The second kappa shape index (κ2) is 2.23. The molecule has 1 amide bonds. The molecule has 2 heterocycles. The van der Waals surface area contributed by atoms with Crippen molar-refractivity contribution in [3.63, 3.8) is 0 Å². The number of rotatable bonds is 0. The summed E-state index contributed by atoms with van der Waals surface area (Å²) in [6, 6.07) is 0. The van der Waals surface area contributed by atoms with Gasteiger partial charge < -0.3 is 5.32 Å². The van der Waals surface area contributed by atoms with E-state index in [9.17, 15) is 4.79 Å². The van der Waals surface area contributed by atoms with Gasteiger partial charge in [0.05, 0.1) is 6.54 Å². The molecule has 4 heteroatoms. The number of carbonyl (C=O) groups is 1. The van der Waals surface area contributed by atoms with Gasteiger partial charge in [-0.05, 0) is 6.08 Å². The number of hydrogen-bond donors (Lipinski definition) is 1. The standard InChI is InChI=1S/C7H11N3O/c1-9-4-2-6-7(11)8-3-5-10(6)9/h2H,3-5H2,1H3,(H,8,11). The zero-order valence-electron chi connectivity index (χ0n) is 6.50. The van der Waals surface area contributed by atoms with Gasteiger partial charge >= 0.3 is 0 Å². The fourth-order valence-electron chi connectivity index (χ4n) is 1.47. The van der Waals surface area contributed by atoms with Crippen molar-refractivity contribution >= 4 is 5.91 Å². The molecule has 11 heavy (non-hydrogen) atoms. The number of amides is 1. The third-order valence-electron chi connectivity index (χ3n) is 2.08. The van der Waals surface area contributed by atoms with Crippen molar-refractivity contribution in [2.75, 3.05) is 26.7 Å². The van der Waals surface area contributed by atoms with E-state index >= 15 is 0 Å². The van der Waals surface area contributed by atoms with Crippen LogP contribution in [0.2, 0.25) is 0 Å². The highest BCUT2D eigenvalue weighted by molar-refractivity contribution is 5.93. The Morgan fingerprint density at radius 2 is 2.45 bits per heavy atom. The summed E-state index contributed by atoms with van der Waals surface area (Å²) in [5, 5.41) is 6.86. The molecule has 1 fully saturated rings. The number of hydrazine groups is 1. The lowest BCUT2D eigenvalue weighted by molar-refractivity contribution is -0.122. The summed E-state index contributed by atoms with van der Waals surface area (Å²) in [4.78, 5) is 11.2. The predicted molar refractivity (Wildman–Crippen MR) is 40.4 cm³/mol. The first-order valence-electron chi connectivity index (χ1n) is 3.76. The lowest BCUT2D eigenvalue weighted by atomic mass is 10.3. The first-order valence-corrected chi connectivity index (χ1v) is 3.76. The zero-order chi connectivity index (χ0) is 7.84. The van der Waals surface area contributed by atoms with Gasteiger partial charge in [-0.15, -0.1) is 0 Å². The van der Waals surface area contributed by atoms with E-state index < -0.39 is 0 Å². The van der Waals surface area contributed by atoms with E-state index in [-0.39, 0.29) is 5.91 Å². The van der Waals surface area contributed by atoms with Crippen LogP contribution in [-0.2, 0) is 4.79 Å². The minimum absolute atomic E-state index is 0.0561. The molecular weight excluding hydrogens is 142 g/mol. The van der Waals surface area contributed by atoms with Gasteiger partial charge in [-0.1, -0.05) is 0 Å². The van der Waals surface area contributed by atoms with Gasteiger partial charge in [-0.25, -0.2) is 5.01 Å². The van der Waals surface area contributed by atoms with Crippen LogP contribution in [0.1, 0.15) is 0 Å². The van der Waals surface area contributed by atoms with E-state index in [4.69, 9.17) is 0 Å².